The summed E-state index contributed by atoms with van der Waals surface area (Å²) in [6.45, 7) is 7.63. The SMILES string of the molecule is CCCNC(C)CCCc1c(Br)c(C)nn1C. The summed E-state index contributed by atoms with van der Waals surface area (Å²) in [6.07, 6.45) is 4.72. The van der Waals surface area contributed by atoms with Gasteiger partial charge in [0.25, 0.3) is 0 Å². The summed E-state index contributed by atoms with van der Waals surface area (Å²) in [5.41, 5.74) is 2.39. The lowest BCUT2D eigenvalue weighted by Crippen LogP contribution is -2.26. The lowest BCUT2D eigenvalue weighted by Gasteiger charge is -2.12. The molecule has 0 aliphatic rings. The smallest absolute Gasteiger partial charge is 0.0738 e. The minimum absolute atomic E-state index is 0.614. The second kappa shape index (κ2) is 7.17. The molecule has 1 aromatic heterocycles. The first kappa shape index (κ1) is 14.7. The summed E-state index contributed by atoms with van der Waals surface area (Å²) >= 11 is 3.61. The van der Waals surface area contributed by atoms with E-state index in [1.807, 2.05) is 18.7 Å². The van der Waals surface area contributed by atoms with E-state index in [-0.39, 0.29) is 0 Å². The van der Waals surface area contributed by atoms with E-state index in [0.717, 1.165) is 18.7 Å². The van der Waals surface area contributed by atoms with Gasteiger partial charge >= 0.3 is 0 Å². The Kier molecular flexibility index (Phi) is 6.20. The average molecular weight is 302 g/mol. The Labute approximate surface area is 113 Å². The third-order valence-electron chi connectivity index (χ3n) is 3.06. The second-order valence-corrected chi connectivity index (χ2v) is 5.51. The topological polar surface area (TPSA) is 29.9 Å². The Hall–Kier alpha value is -0.350. The molecule has 3 nitrogen and oxygen atoms in total. The first-order valence-corrected chi connectivity index (χ1v) is 7.26. The van der Waals surface area contributed by atoms with Gasteiger partial charge in [-0.15, -0.1) is 0 Å². The Bertz CT molecular complexity index is 347. The molecule has 1 aromatic rings. The average Bonchev–Trinajstić information content (AvgIpc) is 2.53. The van der Waals surface area contributed by atoms with Crippen molar-refractivity contribution in [1.82, 2.24) is 15.1 Å². The number of hydrogen-bond acceptors (Lipinski definition) is 2. The number of hydrogen-bond donors (Lipinski definition) is 1. The van der Waals surface area contributed by atoms with Crippen LogP contribution in [0.4, 0.5) is 0 Å². The van der Waals surface area contributed by atoms with E-state index in [4.69, 9.17) is 0 Å². The van der Waals surface area contributed by atoms with Gasteiger partial charge in [-0.1, -0.05) is 6.92 Å². The van der Waals surface area contributed by atoms with Gasteiger partial charge < -0.3 is 5.32 Å². The van der Waals surface area contributed by atoms with E-state index < -0.39 is 0 Å². The first-order valence-electron chi connectivity index (χ1n) is 6.47. The molecular weight excluding hydrogens is 278 g/mol. The van der Waals surface area contributed by atoms with Crippen LogP contribution < -0.4 is 5.32 Å². The van der Waals surface area contributed by atoms with Crippen molar-refractivity contribution in [2.24, 2.45) is 7.05 Å². The summed E-state index contributed by atoms with van der Waals surface area (Å²) in [5.74, 6) is 0. The van der Waals surface area contributed by atoms with E-state index in [2.05, 4.69) is 40.2 Å². The molecular formula is C13H24BrN3. The molecule has 0 fully saturated rings. The highest BCUT2D eigenvalue weighted by Gasteiger charge is 2.10. The van der Waals surface area contributed by atoms with Crippen LogP contribution in [0.2, 0.25) is 0 Å². The van der Waals surface area contributed by atoms with Crippen molar-refractivity contribution in [3.63, 3.8) is 0 Å². The van der Waals surface area contributed by atoms with Crippen LogP contribution in [0.15, 0.2) is 4.47 Å². The molecule has 1 heterocycles. The van der Waals surface area contributed by atoms with Crippen molar-refractivity contribution in [2.75, 3.05) is 6.54 Å². The van der Waals surface area contributed by atoms with E-state index in [1.54, 1.807) is 0 Å². The quantitative estimate of drug-likeness (QED) is 0.838. The van der Waals surface area contributed by atoms with Gasteiger partial charge in [-0.25, -0.2) is 0 Å². The molecule has 0 amide bonds. The largest absolute Gasteiger partial charge is 0.314 e. The van der Waals surface area contributed by atoms with Crippen molar-refractivity contribution in [3.8, 4) is 0 Å². The third-order valence-corrected chi connectivity index (χ3v) is 4.09. The normalized spacial score (nSPS) is 13.0. The number of halogens is 1. The summed E-state index contributed by atoms with van der Waals surface area (Å²) in [7, 11) is 2.02. The number of aryl methyl sites for hydroxylation is 2. The molecule has 0 bridgehead atoms. The van der Waals surface area contributed by atoms with Gasteiger partial charge in [0.2, 0.25) is 0 Å². The Morgan fingerprint density at radius 1 is 1.47 bits per heavy atom. The van der Waals surface area contributed by atoms with Gasteiger partial charge in [-0.2, -0.15) is 5.10 Å². The molecule has 98 valence electrons. The summed E-state index contributed by atoms with van der Waals surface area (Å²) in [4.78, 5) is 0. The Morgan fingerprint density at radius 2 is 2.18 bits per heavy atom. The highest BCUT2D eigenvalue weighted by Crippen LogP contribution is 2.21. The highest BCUT2D eigenvalue weighted by atomic mass is 79.9. The molecule has 0 aliphatic carbocycles. The van der Waals surface area contributed by atoms with Crippen molar-refractivity contribution in [2.45, 2.75) is 52.5 Å². The number of nitrogens with zero attached hydrogens (tertiary/aromatic N) is 2. The molecule has 0 radical (unpaired) electrons. The Morgan fingerprint density at radius 3 is 2.71 bits per heavy atom. The van der Waals surface area contributed by atoms with E-state index in [1.165, 1.54) is 29.4 Å². The molecule has 0 aromatic carbocycles. The Balaban J connectivity index is 2.35. The predicted octanol–water partition coefficient (Wildman–Crippen LogP) is 3.20. The number of nitrogens with one attached hydrogen (secondary N) is 1. The predicted molar refractivity (Wildman–Crippen MR) is 76.3 cm³/mol. The van der Waals surface area contributed by atoms with Crippen LogP contribution >= 0.6 is 15.9 Å². The fourth-order valence-electron chi connectivity index (χ4n) is 2.02. The number of aromatic nitrogens is 2. The highest BCUT2D eigenvalue weighted by molar-refractivity contribution is 9.10. The minimum atomic E-state index is 0.614. The van der Waals surface area contributed by atoms with Gasteiger partial charge in [0, 0.05) is 13.1 Å². The van der Waals surface area contributed by atoms with Crippen molar-refractivity contribution >= 4 is 15.9 Å². The molecule has 0 spiro atoms. The van der Waals surface area contributed by atoms with Crippen LogP contribution in [0.1, 0.15) is 44.5 Å². The van der Waals surface area contributed by atoms with Gasteiger partial charge in [0.05, 0.1) is 15.9 Å². The molecule has 1 rings (SSSR count). The van der Waals surface area contributed by atoms with Gasteiger partial charge in [-0.05, 0) is 62.0 Å². The van der Waals surface area contributed by atoms with Crippen LogP contribution in [0, 0.1) is 6.92 Å². The molecule has 0 saturated carbocycles. The zero-order chi connectivity index (χ0) is 12.8. The lowest BCUT2D eigenvalue weighted by atomic mass is 10.1. The van der Waals surface area contributed by atoms with Crippen LogP contribution in [-0.2, 0) is 13.5 Å². The van der Waals surface area contributed by atoms with Crippen LogP contribution in [0.25, 0.3) is 0 Å². The molecule has 0 saturated heterocycles. The monoisotopic (exact) mass is 301 g/mol. The summed E-state index contributed by atoms with van der Waals surface area (Å²) in [6, 6.07) is 0.614. The fraction of sp³-hybridized carbons (Fsp3) is 0.769. The second-order valence-electron chi connectivity index (χ2n) is 4.72. The summed E-state index contributed by atoms with van der Waals surface area (Å²) in [5, 5.41) is 7.93. The first-order chi connectivity index (χ1) is 8.06. The maximum absolute atomic E-state index is 4.41. The zero-order valence-electron chi connectivity index (χ0n) is 11.4. The maximum atomic E-state index is 4.41. The third kappa shape index (κ3) is 4.43. The maximum Gasteiger partial charge on any atom is 0.0738 e. The lowest BCUT2D eigenvalue weighted by molar-refractivity contribution is 0.493. The van der Waals surface area contributed by atoms with Crippen molar-refractivity contribution < 1.29 is 0 Å². The minimum Gasteiger partial charge on any atom is -0.314 e. The molecule has 0 aliphatic heterocycles. The fourth-order valence-corrected chi connectivity index (χ4v) is 2.55. The van der Waals surface area contributed by atoms with Crippen molar-refractivity contribution in [3.05, 3.63) is 15.9 Å². The van der Waals surface area contributed by atoms with E-state index in [0.29, 0.717) is 6.04 Å². The standard InChI is InChI=1S/C13H24BrN3/c1-5-9-15-10(2)7-6-8-12-13(14)11(3)16-17(12)4/h10,15H,5-9H2,1-4H3. The molecule has 17 heavy (non-hydrogen) atoms. The zero-order valence-corrected chi connectivity index (χ0v) is 13.0. The molecule has 1 atom stereocenters. The molecule has 1 unspecified atom stereocenters. The van der Waals surface area contributed by atoms with E-state index >= 15 is 0 Å². The van der Waals surface area contributed by atoms with E-state index in [9.17, 15) is 0 Å². The van der Waals surface area contributed by atoms with Crippen LogP contribution in [0.5, 0.6) is 0 Å². The van der Waals surface area contributed by atoms with Gasteiger partial charge in [0.1, 0.15) is 0 Å². The molecule has 4 heteroatoms. The summed E-state index contributed by atoms with van der Waals surface area (Å²) < 4.78 is 3.16. The van der Waals surface area contributed by atoms with Crippen LogP contribution in [-0.4, -0.2) is 22.4 Å². The number of rotatable bonds is 7. The van der Waals surface area contributed by atoms with Crippen LogP contribution in [0.3, 0.4) is 0 Å². The van der Waals surface area contributed by atoms with Gasteiger partial charge in [0.15, 0.2) is 0 Å². The molecule has 1 N–H and O–H groups in total. The van der Waals surface area contributed by atoms with Gasteiger partial charge in [-0.3, -0.25) is 4.68 Å². The van der Waals surface area contributed by atoms with Crippen molar-refractivity contribution in [1.29, 1.82) is 0 Å².